The molecule has 2 heterocycles. The van der Waals surface area contributed by atoms with E-state index in [0.717, 1.165) is 0 Å². The fourth-order valence-corrected chi connectivity index (χ4v) is 3.83. The first-order valence-electron chi connectivity index (χ1n) is 9.62. The molecule has 162 valence electrons. The molecule has 8 nitrogen and oxygen atoms in total. The number of benzene rings is 1. The SMILES string of the molecule is COc1cc(OC)cc(C(=O)N2CCN(C(=O)C3(CN)CCOCC3)CC2)c1.Cl. The summed E-state index contributed by atoms with van der Waals surface area (Å²) in [5, 5.41) is 0. The molecule has 2 fully saturated rings. The van der Waals surface area contributed by atoms with Crippen LogP contribution in [0.5, 0.6) is 11.5 Å². The van der Waals surface area contributed by atoms with E-state index in [-0.39, 0.29) is 24.2 Å². The van der Waals surface area contributed by atoms with Crippen LogP contribution in [0.25, 0.3) is 0 Å². The number of carbonyl (C=O) groups excluding carboxylic acids is 2. The van der Waals surface area contributed by atoms with Crippen molar-refractivity contribution >= 4 is 24.2 Å². The Kier molecular flexibility index (Phi) is 8.13. The molecule has 29 heavy (non-hydrogen) atoms. The normalized spacial score (nSPS) is 18.6. The highest BCUT2D eigenvalue weighted by atomic mass is 35.5. The number of piperazine rings is 1. The van der Waals surface area contributed by atoms with Gasteiger partial charge in [0, 0.05) is 57.6 Å². The van der Waals surface area contributed by atoms with Crippen LogP contribution < -0.4 is 15.2 Å². The van der Waals surface area contributed by atoms with Crippen molar-refractivity contribution in [3.63, 3.8) is 0 Å². The third-order valence-electron chi connectivity index (χ3n) is 5.75. The maximum absolute atomic E-state index is 13.1. The van der Waals surface area contributed by atoms with Crippen molar-refractivity contribution in [2.75, 3.05) is 60.2 Å². The third-order valence-corrected chi connectivity index (χ3v) is 5.75. The Morgan fingerprint density at radius 1 is 1.00 bits per heavy atom. The Hall–Kier alpha value is -2.03. The van der Waals surface area contributed by atoms with Gasteiger partial charge >= 0.3 is 0 Å². The van der Waals surface area contributed by atoms with Crippen LogP contribution in [-0.4, -0.2) is 81.8 Å². The summed E-state index contributed by atoms with van der Waals surface area (Å²) in [5.41, 5.74) is 5.95. The van der Waals surface area contributed by atoms with Gasteiger partial charge in [-0.25, -0.2) is 0 Å². The van der Waals surface area contributed by atoms with E-state index in [9.17, 15) is 9.59 Å². The molecule has 0 aromatic heterocycles. The van der Waals surface area contributed by atoms with Crippen molar-refractivity contribution in [1.82, 2.24) is 9.80 Å². The van der Waals surface area contributed by atoms with Crippen molar-refractivity contribution in [2.24, 2.45) is 11.1 Å². The third kappa shape index (κ3) is 4.94. The lowest BCUT2D eigenvalue weighted by molar-refractivity contribution is -0.148. The predicted molar refractivity (Wildman–Crippen MR) is 111 cm³/mol. The van der Waals surface area contributed by atoms with Gasteiger partial charge in [0.15, 0.2) is 0 Å². The number of nitrogens with two attached hydrogens (primary N) is 1. The molecule has 0 unspecified atom stereocenters. The summed E-state index contributed by atoms with van der Waals surface area (Å²) in [6.45, 7) is 3.46. The van der Waals surface area contributed by atoms with E-state index in [1.165, 1.54) is 0 Å². The van der Waals surface area contributed by atoms with Gasteiger partial charge in [0.1, 0.15) is 11.5 Å². The average Bonchev–Trinajstić information content (AvgIpc) is 2.78. The Labute approximate surface area is 177 Å². The first kappa shape index (κ1) is 23.3. The van der Waals surface area contributed by atoms with Gasteiger partial charge in [0.25, 0.3) is 5.91 Å². The van der Waals surface area contributed by atoms with E-state index in [4.69, 9.17) is 19.9 Å². The van der Waals surface area contributed by atoms with Gasteiger partial charge in [-0.2, -0.15) is 0 Å². The Balaban J connectivity index is 0.00000300. The zero-order valence-corrected chi connectivity index (χ0v) is 17.8. The molecule has 1 aromatic rings. The lowest BCUT2D eigenvalue weighted by Gasteiger charge is -2.42. The smallest absolute Gasteiger partial charge is 0.254 e. The second-order valence-corrected chi connectivity index (χ2v) is 7.28. The van der Waals surface area contributed by atoms with Crippen molar-refractivity contribution in [2.45, 2.75) is 12.8 Å². The molecular formula is C20H30ClN3O5. The van der Waals surface area contributed by atoms with Crippen molar-refractivity contribution in [3.05, 3.63) is 23.8 Å². The van der Waals surface area contributed by atoms with E-state index < -0.39 is 5.41 Å². The number of ether oxygens (including phenoxy) is 3. The highest BCUT2D eigenvalue weighted by molar-refractivity contribution is 5.95. The summed E-state index contributed by atoms with van der Waals surface area (Å²) in [7, 11) is 3.11. The monoisotopic (exact) mass is 427 g/mol. The Bertz CT molecular complexity index is 694. The summed E-state index contributed by atoms with van der Waals surface area (Å²) in [5.74, 6) is 1.14. The van der Waals surface area contributed by atoms with E-state index >= 15 is 0 Å². The van der Waals surface area contributed by atoms with Gasteiger partial charge in [0.05, 0.1) is 19.6 Å². The van der Waals surface area contributed by atoms with E-state index in [2.05, 4.69) is 0 Å². The molecule has 0 bridgehead atoms. The molecule has 0 radical (unpaired) electrons. The van der Waals surface area contributed by atoms with Crippen molar-refractivity contribution in [1.29, 1.82) is 0 Å². The molecule has 3 rings (SSSR count). The van der Waals surface area contributed by atoms with Crippen molar-refractivity contribution in [3.8, 4) is 11.5 Å². The minimum Gasteiger partial charge on any atom is -0.497 e. The van der Waals surface area contributed by atoms with E-state index in [0.29, 0.717) is 75.8 Å². The number of halogens is 1. The maximum atomic E-state index is 13.1. The molecule has 2 aliphatic rings. The topological polar surface area (TPSA) is 94.3 Å². The second-order valence-electron chi connectivity index (χ2n) is 7.28. The minimum atomic E-state index is -0.523. The molecule has 0 spiro atoms. The van der Waals surface area contributed by atoms with Gasteiger partial charge in [-0.05, 0) is 25.0 Å². The molecule has 0 aliphatic carbocycles. The lowest BCUT2D eigenvalue weighted by atomic mass is 9.78. The number of methoxy groups -OCH3 is 2. The summed E-state index contributed by atoms with van der Waals surface area (Å²) in [6, 6.07) is 5.13. The number of nitrogens with zero attached hydrogens (tertiary/aromatic N) is 2. The van der Waals surface area contributed by atoms with Crippen LogP contribution in [0.1, 0.15) is 23.2 Å². The molecular weight excluding hydrogens is 398 g/mol. The van der Waals surface area contributed by atoms with Crippen LogP contribution in [0.4, 0.5) is 0 Å². The van der Waals surface area contributed by atoms with Crippen LogP contribution in [0.2, 0.25) is 0 Å². The average molecular weight is 428 g/mol. The Morgan fingerprint density at radius 3 is 2.00 bits per heavy atom. The largest absolute Gasteiger partial charge is 0.497 e. The molecule has 9 heteroatoms. The highest BCUT2D eigenvalue weighted by Gasteiger charge is 2.42. The molecule has 1 aromatic carbocycles. The highest BCUT2D eigenvalue weighted by Crippen LogP contribution is 2.32. The van der Waals surface area contributed by atoms with Crippen LogP contribution >= 0.6 is 12.4 Å². The summed E-state index contributed by atoms with van der Waals surface area (Å²) in [4.78, 5) is 29.6. The molecule has 2 saturated heterocycles. The van der Waals surface area contributed by atoms with Gasteiger partial charge in [-0.3, -0.25) is 9.59 Å². The molecule has 2 amide bonds. The quantitative estimate of drug-likeness (QED) is 0.757. The van der Waals surface area contributed by atoms with Crippen LogP contribution in [0.3, 0.4) is 0 Å². The molecule has 0 saturated carbocycles. The summed E-state index contributed by atoms with van der Waals surface area (Å²) >= 11 is 0. The lowest BCUT2D eigenvalue weighted by Crippen LogP contribution is -2.57. The molecule has 2 N–H and O–H groups in total. The fourth-order valence-electron chi connectivity index (χ4n) is 3.83. The standard InChI is InChI=1S/C20H29N3O5.ClH/c1-26-16-11-15(12-17(13-16)27-2)18(24)22-5-7-23(8-6-22)19(25)20(14-21)3-9-28-10-4-20;/h11-13H,3-10,14,21H2,1-2H3;1H. The number of rotatable bonds is 5. The maximum Gasteiger partial charge on any atom is 0.254 e. The number of amides is 2. The first-order chi connectivity index (χ1) is 13.5. The molecule has 2 aliphatic heterocycles. The summed E-state index contributed by atoms with van der Waals surface area (Å²) < 4.78 is 15.9. The van der Waals surface area contributed by atoms with Crippen molar-refractivity contribution < 1.29 is 23.8 Å². The van der Waals surface area contributed by atoms with E-state index in [1.54, 1.807) is 37.3 Å². The van der Waals surface area contributed by atoms with Gasteiger partial charge < -0.3 is 29.7 Å². The zero-order chi connectivity index (χ0) is 20.1. The summed E-state index contributed by atoms with van der Waals surface area (Å²) in [6.07, 6.45) is 1.32. The van der Waals surface area contributed by atoms with Gasteiger partial charge in [-0.1, -0.05) is 0 Å². The number of hydrogen-bond donors (Lipinski definition) is 1. The van der Waals surface area contributed by atoms with Gasteiger partial charge in [-0.15, -0.1) is 12.4 Å². The second kappa shape index (κ2) is 10.1. The fraction of sp³-hybridized carbons (Fsp3) is 0.600. The predicted octanol–water partition coefficient (Wildman–Crippen LogP) is 1.17. The first-order valence-corrected chi connectivity index (χ1v) is 9.62. The molecule has 0 atom stereocenters. The van der Waals surface area contributed by atoms with Crippen LogP contribution in [0.15, 0.2) is 18.2 Å². The number of hydrogen-bond acceptors (Lipinski definition) is 6. The zero-order valence-electron chi connectivity index (χ0n) is 17.0. The van der Waals surface area contributed by atoms with Crippen LogP contribution in [-0.2, 0) is 9.53 Å². The number of carbonyl (C=O) groups is 2. The van der Waals surface area contributed by atoms with Crippen LogP contribution in [0, 0.1) is 5.41 Å². The van der Waals surface area contributed by atoms with E-state index in [1.807, 2.05) is 4.90 Å². The van der Waals surface area contributed by atoms with Gasteiger partial charge in [0.2, 0.25) is 5.91 Å². The Morgan fingerprint density at radius 2 is 1.52 bits per heavy atom. The minimum absolute atomic E-state index is 0.